The van der Waals surface area contributed by atoms with E-state index in [-0.39, 0.29) is 24.0 Å². The van der Waals surface area contributed by atoms with E-state index < -0.39 is 6.10 Å². The van der Waals surface area contributed by atoms with Crippen molar-refractivity contribution in [1.82, 2.24) is 20.4 Å². The lowest BCUT2D eigenvalue weighted by molar-refractivity contribution is 0.172. The largest absolute Gasteiger partial charge is 0.386 e. The smallest absolute Gasteiger partial charge is 0.315 e. The van der Waals surface area contributed by atoms with E-state index >= 15 is 0 Å². The Bertz CT molecular complexity index is 451. The molecular weight excluding hydrogens is 268 g/mol. The standard InChI is InChI=1S/C15H28N4O2/c1-11(6-7-15(2,3)4)18-14(21)16-9-13(20)12-8-17-19(5)10-12/h8,10-11,13,20H,6-7,9H2,1-5H3,(H2,16,18,21)/t11-,13+/m1/s1. The minimum Gasteiger partial charge on any atom is -0.386 e. The predicted molar refractivity (Wildman–Crippen MR) is 82.9 cm³/mol. The molecule has 0 aliphatic carbocycles. The summed E-state index contributed by atoms with van der Waals surface area (Å²) in [7, 11) is 1.78. The summed E-state index contributed by atoms with van der Waals surface area (Å²) >= 11 is 0. The number of nitrogens with one attached hydrogen (secondary N) is 2. The minimum atomic E-state index is -0.741. The maximum absolute atomic E-state index is 11.8. The summed E-state index contributed by atoms with van der Waals surface area (Å²) in [4.78, 5) is 11.8. The molecule has 0 saturated carbocycles. The second-order valence-corrected chi connectivity index (χ2v) is 6.82. The molecule has 0 aliphatic heterocycles. The normalized spacial score (nSPS) is 14.6. The highest BCUT2D eigenvalue weighted by molar-refractivity contribution is 5.74. The van der Waals surface area contributed by atoms with E-state index in [0.29, 0.717) is 5.56 Å². The number of carbonyl (C=O) groups is 1. The Morgan fingerprint density at radius 3 is 2.67 bits per heavy atom. The van der Waals surface area contributed by atoms with E-state index in [0.717, 1.165) is 12.8 Å². The third kappa shape index (κ3) is 7.13. The van der Waals surface area contributed by atoms with Crippen LogP contribution in [0, 0.1) is 5.41 Å². The number of hydrogen-bond donors (Lipinski definition) is 3. The first-order chi connectivity index (χ1) is 9.67. The van der Waals surface area contributed by atoms with Crippen LogP contribution in [0.5, 0.6) is 0 Å². The first-order valence-corrected chi connectivity index (χ1v) is 7.38. The molecule has 6 heteroatoms. The van der Waals surface area contributed by atoms with Crippen molar-refractivity contribution < 1.29 is 9.90 Å². The summed E-state index contributed by atoms with van der Waals surface area (Å²) in [6, 6.07) is -0.140. The molecule has 0 saturated heterocycles. The van der Waals surface area contributed by atoms with Crippen molar-refractivity contribution in [2.24, 2.45) is 12.5 Å². The van der Waals surface area contributed by atoms with Gasteiger partial charge in [-0.2, -0.15) is 5.10 Å². The fourth-order valence-electron chi connectivity index (χ4n) is 1.92. The van der Waals surface area contributed by atoms with Gasteiger partial charge in [0.2, 0.25) is 0 Å². The van der Waals surface area contributed by atoms with E-state index in [1.54, 1.807) is 24.1 Å². The average molecular weight is 296 g/mol. The molecule has 0 bridgehead atoms. The first kappa shape index (κ1) is 17.5. The summed E-state index contributed by atoms with van der Waals surface area (Å²) in [6.07, 6.45) is 4.57. The lowest BCUT2D eigenvalue weighted by Gasteiger charge is -2.22. The Morgan fingerprint density at radius 1 is 1.48 bits per heavy atom. The molecule has 0 radical (unpaired) electrons. The molecule has 0 aromatic carbocycles. The molecule has 3 N–H and O–H groups in total. The highest BCUT2D eigenvalue weighted by Gasteiger charge is 2.15. The number of carbonyl (C=O) groups excluding carboxylic acids is 1. The van der Waals surface area contributed by atoms with Gasteiger partial charge in [-0.1, -0.05) is 20.8 Å². The summed E-state index contributed by atoms with van der Waals surface area (Å²) in [5, 5.41) is 19.5. The van der Waals surface area contributed by atoms with Gasteiger partial charge in [-0.05, 0) is 25.2 Å². The summed E-state index contributed by atoms with van der Waals surface area (Å²) in [5.41, 5.74) is 0.960. The van der Waals surface area contributed by atoms with Crippen LogP contribution in [-0.4, -0.2) is 33.5 Å². The zero-order valence-corrected chi connectivity index (χ0v) is 13.7. The fourth-order valence-corrected chi connectivity index (χ4v) is 1.92. The molecule has 1 aromatic heterocycles. The van der Waals surface area contributed by atoms with E-state index in [1.807, 2.05) is 6.92 Å². The van der Waals surface area contributed by atoms with Gasteiger partial charge in [0.15, 0.2) is 0 Å². The molecule has 21 heavy (non-hydrogen) atoms. The predicted octanol–water partition coefficient (Wildman–Crippen LogP) is 1.97. The number of hydrogen-bond acceptors (Lipinski definition) is 3. The van der Waals surface area contributed by atoms with Crippen LogP contribution in [0.15, 0.2) is 12.4 Å². The van der Waals surface area contributed by atoms with Gasteiger partial charge in [-0.25, -0.2) is 4.79 Å². The van der Waals surface area contributed by atoms with Crippen molar-refractivity contribution in [2.45, 2.75) is 52.7 Å². The van der Waals surface area contributed by atoms with Crippen LogP contribution in [0.25, 0.3) is 0 Å². The molecule has 2 amide bonds. The zero-order valence-electron chi connectivity index (χ0n) is 13.7. The number of urea groups is 1. The molecule has 1 heterocycles. The quantitative estimate of drug-likeness (QED) is 0.751. The van der Waals surface area contributed by atoms with Crippen molar-refractivity contribution in [2.75, 3.05) is 6.54 Å². The summed E-state index contributed by atoms with van der Waals surface area (Å²) in [6.45, 7) is 8.71. The molecule has 1 aromatic rings. The third-order valence-corrected chi connectivity index (χ3v) is 3.27. The van der Waals surface area contributed by atoms with Crippen LogP contribution < -0.4 is 10.6 Å². The van der Waals surface area contributed by atoms with Crippen LogP contribution in [0.4, 0.5) is 4.79 Å². The third-order valence-electron chi connectivity index (χ3n) is 3.27. The number of amides is 2. The van der Waals surface area contributed by atoms with Gasteiger partial charge in [0, 0.05) is 31.4 Å². The molecule has 0 spiro atoms. The Balaban J connectivity index is 2.27. The second kappa shape index (κ2) is 7.45. The van der Waals surface area contributed by atoms with Gasteiger partial charge in [0.1, 0.15) is 0 Å². The van der Waals surface area contributed by atoms with Crippen LogP contribution in [0.3, 0.4) is 0 Å². The van der Waals surface area contributed by atoms with E-state index in [1.165, 1.54) is 0 Å². The van der Waals surface area contributed by atoms with Crippen molar-refractivity contribution in [1.29, 1.82) is 0 Å². The van der Waals surface area contributed by atoms with Crippen molar-refractivity contribution in [3.63, 3.8) is 0 Å². The molecule has 0 fully saturated rings. The monoisotopic (exact) mass is 296 g/mol. The summed E-state index contributed by atoms with van der Waals surface area (Å²) in [5.74, 6) is 0. The highest BCUT2D eigenvalue weighted by Crippen LogP contribution is 2.21. The lowest BCUT2D eigenvalue weighted by atomic mass is 9.89. The average Bonchev–Trinajstić information content (AvgIpc) is 2.79. The van der Waals surface area contributed by atoms with Crippen LogP contribution >= 0.6 is 0 Å². The molecule has 2 atom stereocenters. The van der Waals surface area contributed by atoms with Gasteiger partial charge in [0.05, 0.1) is 12.3 Å². The summed E-state index contributed by atoms with van der Waals surface area (Å²) < 4.78 is 1.62. The molecule has 6 nitrogen and oxygen atoms in total. The maximum atomic E-state index is 11.8. The molecule has 1 rings (SSSR count). The van der Waals surface area contributed by atoms with Crippen LogP contribution in [-0.2, 0) is 7.05 Å². The Morgan fingerprint density at radius 2 is 2.14 bits per heavy atom. The number of aryl methyl sites for hydroxylation is 1. The Labute approximate surface area is 126 Å². The van der Waals surface area contributed by atoms with Gasteiger partial charge >= 0.3 is 6.03 Å². The maximum Gasteiger partial charge on any atom is 0.315 e. The number of aromatic nitrogens is 2. The van der Waals surface area contributed by atoms with Gasteiger partial charge in [0.25, 0.3) is 0 Å². The number of nitrogens with zero attached hydrogens (tertiary/aromatic N) is 2. The molecule has 120 valence electrons. The SMILES string of the molecule is C[C@H](CCC(C)(C)C)NC(=O)NC[C@H](O)c1cnn(C)c1. The Kier molecular flexibility index (Phi) is 6.20. The van der Waals surface area contributed by atoms with Crippen LogP contribution in [0.2, 0.25) is 0 Å². The van der Waals surface area contributed by atoms with E-state index in [2.05, 4.69) is 36.5 Å². The lowest BCUT2D eigenvalue weighted by Crippen LogP contribution is -2.42. The fraction of sp³-hybridized carbons (Fsp3) is 0.733. The Hall–Kier alpha value is -1.56. The van der Waals surface area contributed by atoms with Gasteiger partial charge < -0.3 is 15.7 Å². The number of aliphatic hydroxyl groups is 1. The van der Waals surface area contributed by atoms with Gasteiger partial charge in [-0.15, -0.1) is 0 Å². The van der Waals surface area contributed by atoms with Crippen molar-refractivity contribution in [3.05, 3.63) is 18.0 Å². The zero-order chi connectivity index (χ0) is 16.0. The topological polar surface area (TPSA) is 79.2 Å². The van der Waals surface area contributed by atoms with E-state index in [9.17, 15) is 9.90 Å². The van der Waals surface area contributed by atoms with Crippen LogP contribution in [0.1, 0.15) is 52.2 Å². The minimum absolute atomic E-state index is 0.111. The number of rotatable bonds is 6. The second-order valence-electron chi connectivity index (χ2n) is 6.82. The molecule has 0 aliphatic rings. The van der Waals surface area contributed by atoms with Crippen molar-refractivity contribution >= 4 is 6.03 Å². The molecular formula is C15H28N4O2. The molecule has 0 unspecified atom stereocenters. The van der Waals surface area contributed by atoms with E-state index in [4.69, 9.17) is 0 Å². The van der Waals surface area contributed by atoms with Crippen molar-refractivity contribution in [3.8, 4) is 0 Å². The number of aliphatic hydroxyl groups excluding tert-OH is 1. The highest BCUT2D eigenvalue weighted by atomic mass is 16.3. The first-order valence-electron chi connectivity index (χ1n) is 7.38. The van der Waals surface area contributed by atoms with Gasteiger partial charge in [-0.3, -0.25) is 4.68 Å².